The first kappa shape index (κ1) is 14.9. The molecule has 0 saturated carbocycles. The van der Waals surface area contributed by atoms with Crippen LogP contribution >= 0.6 is 11.3 Å². The fourth-order valence-electron chi connectivity index (χ4n) is 1.13. The molecule has 2 amide bonds. The van der Waals surface area contributed by atoms with Crippen LogP contribution in [0.5, 0.6) is 0 Å². The number of nitrogens with one attached hydrogen (secondary N) is 2. The molecule has 19 heavy (non-hydrogen) atoms. The first-order chi connectivity index (χ1) is 8.93. The number of rotatable bonds is 5. The van der Waals surface area contributed by atoms with Gasteiger partial charge in [-0.2, -0.15) is 0 Å². The topological polar surface area (TPSA) is 118 Å². The van der Waals surface area contributed by atoms with Crippen molar-refractivity contribution in [2.24, 2.45) is 0 Å². The lowest BCUT2D eigenvalue weighted by molar-refractivity contribution is -0.142. The summed E-state index contributed by atoms with van der Waals surface area (Å²) >= 11 is 1.12. The molecule has 0 radical (unpaired) electrons. The largest absolute Gasteiger partial charge is 0.476 e. The summed E-state index contributed by atoms with van der Waals surface area (Å²) in [6.45, 7) is 1.56. The Balaban J connectivity index is 2.41. The molecule has 1 heterocycles. The van der Waals surface area contributed by atoms with Gasteiger partial charge in [-0.1, -0.05) is 0 Å². The van der Waals surface area contributed by atoms with E-state index in [1.165, 1.54) is 19.4 Å². The van der Waals surface area contributed by atoms with Gasteiger partial charge in [-0.15, -0.1) is 11.3 Å². The Bertz CT molecular complexity index is 487. The zero-order valence-electron chi connectivity index (χ0n) is 10.3. The molecular weight excluding hydrogens is 274 g/mol. The molecule has 0 spiro atoms. The molecule has 1 aromatic rings. The van der Waals surface area contributed by atoms with Crippen LogP contribution in [-0.4, -0.2) is 41.2 Å². The van der Waals surface area contributed by atoms with Gasteiger partial charge in [-0.3, -0.25) is 0 Å². The fraction of sp³-hybridized carbons (Fsp3) is 0.400. The maximum Gasteiger partial charge on any atom is 0.355 e. The van der Waals surface area contributed by atoms with Crippen molar-refractivity contribution in [2.45, 2.75) is 19.5 Å². The van der Waals surface area contributed by atoms with Crippen molar-refractivity contribution in [1.82, 2.24) is 15.6 Å². The first-order valence-corrected chi connectivity index (χ1v) is 6.12. The molecule has 0 aromatic carbocycles. The highest BCUT2D eigenvalue weighted by molar-refractivity contribution is 7.09. The van der Waals surface area contributed by atoms with E-state index in [0.29, 0.717) is 5.01 Å². The summed E-state index contributed by atoms with van der Waals surface area (Å²) in [7, 11) is 1.22. The lowest BCUT2D eigenvalue weighted by atomic mass is 10.3. The highest BCUT2D eigenvalue weighted by Crippen LogP contribution is 2.09. The van der Waals surface area contributed by atoms with E-state index in [4.69, 9.17) is 5.11 Å². The minimum atomic E-state index is -1.12. The molecule has 0 fully saturated rings. The summed E-state index contributed by atoms with van der Waals surface area (Å²) in [5.74, 6) is -1.68. The van der Waals surface area contributed by atoms with Gasteiger partial charge in [-0.25, -0.2) is 19.4 Å². The number of nitrogens with zero attached hydrogens (tertiary/aromatic N) is 1. The summed E-state index contributed by atoms with van der Waals surface area (Å²) < 4.78 is 4.45. The number of methoxy groups -OCH3 is 1. The van der Waals surface area contributed by atoms with E-state index in [0.717, 1.165) is 11.3 Å². The highest BCUT2D eigenvalue weighted by atomic mass is 32.1. The van der Waals surface area contributed by atoms with Gasteiger partial charge < -0.3 is 20.5 Å². The molecule has 104 valence electrons. The van der Waals surface area contributed by atoms with Gasteiger partial charge in [0.25, 0.3) is 0 Å². The van der Waals surface area contributed by atoms with E-state index in [1.54, 1.807) is 0 Å². The number of esters is 1. The number of amides is 2. The Morgan fingerprint density at radius 3 is 2.74 bits per heavy atom. The fourth-order valence-corrected chi connectivity index (χ4v) is 1.84. The third-order valence-corrected chi connectivity index (χ3v) is 2.92. The second-order valence-electron chi connectivity index (χ2n) is 3.50. The van der Waals surface area contributed by atoms with Crippen molar-refractivity contribution in [3.8, 4) is 0 Å². The molecule has 0 aliphatic heterocycles. The van der Waals surface area contributed by atoms with Gasteiger partial charge in [0.2, 0.25) is 0 Å². The number of hydrogen-bond donors (Lipinski definition) is 3. The van der Waals surface area contributed by atoms with Gasteiger partial charge in [0.1, 0.15) is 11.0 Å². The number of thiazole rings is 1. The predicted molar refractivity (Wildman–Crippen MR) is 65.9 cm³/mol. The number of carboxylic acids is 1. The van der Waals surface area contributed by atoms with E-state index < -0.39 is 24.0 Å². The third kappa shape index (κ3) is 4.54. The first-order valence-electron chi connectivity index (χ1n) is 5.24. The van der Waals surface area contributed by atoms with E-state index in [2.05, 4.69) is 20.4 Å². The van der Waals surface area contributed by atoms with E-state index in [9.17, 15) is 14.4 Å². The van der Waals surface area contributed by atoms with Crippen molar-refractivity contribution in [2.75, 3.05) is 7.11 Å². The molecule has 1 atom stereocenters. The maximum absolute atomic E-state index is 11.4. The lowest BCUT2D eigenvalue weighted by Crippen LogP contribution is -2.44. The number of carboxylic acid groups (broad SMARTS) is 1. The van der Waals surface area contributed by atoms with Crippen LogP contribution in [-0.2, 0) is 16.1 Å². The highest BCUT2D eigenvalue weighted by Gasteiger charge is 2.16. The molecule has 0 saturated heterocycles. The zero-order valence-corrected chi connectivity index (χ0v) is 11.1. The van der Waals surface area contributed by atoms with Crippen LogP contribution in [0.2, 0.25) is 0 Å². The molecule has 8 nitrogen and oxygen atoms in total. The molecule has 3 N–H and O–H groups in total. The Hall–Kier alpha value is -2.16. The summed E-state index contributed by atoms with van der Waals surface area (Å²) in [5.41, 5.74) is -0.0647. The van der Waals surface area contributed by atoms with Crippen LogP contribution in [0.25, 0.3) is 0 Å². The summed E-state index contributed by atoms with van der Waals surface area (Å²) in [4.78, 5) is 36.9. The summed E-state index contributed by atoms with van der Waals surface area (Å²) in [5, 5.41) is 15.3. The Kier molecular flexibility index (Phi) is 5.24. The Labute approximate surface area is 112 Å². The Morgan fingerprint density at radius 1 is 1.53 bits per heavy atom. The molecule has 1 rings (SSSR count). The van der Waals surface area contributed by atoms with Crippen molar-refractivity contribution < 1.29 is 24.2 Å². The van der Waals surface area contributed by atoms with Crippen LogP contribution in [0, 0.1) is 0 Å². The summed E-state index contributed by atoms with van der Waals surface area (Å²) in [6, 6.07) is -1.33. The SMILES string of the molecule is COC(=O)C(C)NC(=O)NCc1nc(C(=O)O)cs1. The number of carbonyl (C=O) groups is 3. The smallest absolute Gasteiger partial charge is 0.355 e. The number of aromatic nitrogens is 1. The zero-order chi connectivity index (χ0) is 14.4. The van der Waals surface area contributed by atoms with Crippen molar-refractivity contribution in [3.63, 3.8) is 0 Å². The maximum atomic E-state index is 11.4. The van der Waals surface area contributed by atoms with Crippen LogP contribution in [0.3, 0.4) is 0 Å². The standard InChI is InChI=1S/C10H13N3O5S/c1-5(9(16)18-2)12-10(17)11-3-7-13-6(4-19-7)8(14)15/h4-5H,3H2,1-2H3,(H,14,15)(H2,11,12,17). The number of carbonyl (C=O) groups excluding carboxylic acids is 2. The second-order valence-corrected chi connectivity index (χ2v) is 4.45. The lowest BCUT2D eigenvalue weighted by Gasteiger charge is -2.11. The molecule has 1 aromatic heterocycles. The van der Waals surface area contributed by atoms with Crippen molar-refractivity contribution in [3.05, 3.63) is 16.1 Å². The molecule has 1 unspecified atom stereocenters. The van der Waals surface area contributed by atoms with E-state index in [1.807, 2.05) is 0 Å². The number of aromatic carboxylic acids is 1. The monoisotopic (exact) mass is 287 g/mol. The van der Waals surface area contributed by atoms with Gasteiger partial charge >= 0.3 is 18.0 Å². The van der Waals surface area contributed by atoms with Crippen molar-refractivity contribution >= 4 is 29.3 Å². The predicted octanol–water partition coefficient (Wildman–Crippen LogP) is 0.202. The Morgan fingerprint density at radius 2 is 2.21 bits per heavy atom. The van der Waals surface area contributed by atoms with Crippen LogP contribution < -0.4 is 10.6 Å². The quantitative estimate of drug-likeness (QED) is 0.666. The molecule has 9 heteroatoms. The van der Waals surface area contributed by atoms with E-state index in [-0.39, 0.29) is 12.2 Å². The normalized spacial score (nSPS) is 11.5. The average Bonchev–Trinajstić information content (AvgIpc) is 2.84. The number of hydrogen-bond acceptors (Lipinski definition) is 6. The van der Waals surface area contributed by atoms with Crippen LogP contribution in [0.1, 0.15) is 22.4 Å². The average molecular weight is 287 g/mol. The minimum absolute atomic E-state index is 0.0647. The molecule has 0 aliphatic carbocycles. The second kappa shape index (κ2) is 6.69. The third-order valence-electron chi connectivity index (χ3n) is 2.07. The molecule has 0 aliphatic rings. The van der Waals surface area contributed by atoms with Gasteiger partial charge in [0, 0.05) is 5.38 Å². The molecular formula is C10H13N3O5S. The summed E-state index contributed by atoms with van der Waals surface area (Å²) in [6.07, 6.45) is 0. The van der Waals surface area contributed by atoms with Gasteiger partial charge in [0.05, 0.1) is 13.7 Å². The van der Waals surface area contributed by atoms with Gasteiger partial charge in [-0.05, 0) is 6.92 Å². The number of ether oxygens (including phenoxy) is 1. The van der Waals surface area contributed by atoms with E-state index >= 15 is 0 Å². The van der Waals surface area contributed by atoms with Crippen LogP contribution in [0.4, 0.5) is 4.79 Å². The van der Waals surface area contributed by atoms with Crippen LogP contribution in [0.15, 0.2) is 5.38 Å². The van der Waals surface area contributed by atoms with Gasteiger partial charge in [0.15, 0.2) is 5.69 Å². The molecule has 0 bridgehead atoms. The van der Waals surface area contributed by atoms with Crippen molar-refractivity contribution in [1.29, 1.82) is 0 Å². The minimum Gasteiger partial charge on any atom is -0.476 e. The number of urea groups is 1.